The van der Waals surface area contributed by atoms with Gasteiger partial charge in [0.05, 0.1) is 33.9 Å². The predicted molar refractivity (Wildman–Crippen MR) is 135 cm³/mol. The second kappa shape index (κ2) is 9.40. The largest absolute Gasteiger partial charge is 0.353 e. The Morgan fingerprint density at radius 2 is 1.91 bits per heavy atom. The molecule has 3 N–H and O–H groups in total. The van der Waals surface area contributed by atoms with Gasteiger partial charge >= 0.3 is 0 Å². The van der Waals surface area contributed by atoms with E-state index in [4.69, 9.17) is 0 Å². The van der Waals surface area contributed by atoms with Crippen molar-refractivity contribution in [2.75, 3.05) is 23.4 Å². The van der Waals surface area contributed by atoms with Gasteiger partial charge in [-0.2, -0.15) is 0 Å². The summed E-state index contributed by atoms with van der Waals surface area (Å²) in [4.78, 5) is 25.8. The maximum atomic E-state index is 12.6. The van der Waals surface area contributed by atoms with Crippen LogP contribution in [-0.4, -0.2) is 48.1 Å². The number of nitrogens with one attached hydrogen (secondary N) is 3. The molecular formula is C25H24N6O3S. The summed E-state index contributed by atoms with van der Waals surface area (Å²) in [5.41, 5.74) is 4.65. The number of amides is 1. The lowest BCUT2D eigenvalue weighted by Gasteiger charge is -2.15. The number of anilines is 3. The summed E-state index contributed by atoms with van der Waals surface area (Å²) < 4.78 is 24.5. The zero-order chi connectivity index (χ0) is 24.4. The van der Waals surface area contributed by atoms with Crippen molar-refractivity contribution in [3.63, 3.8) is 0 Å². The molecule has 0 spiro atoms. The lowest BCUT2D eigenvalue weighted by molar-refractivity contribution is -0.117. The van der Waals surface area contributed by atoms with Gasteiger partial charge in [0.15, 0.2) is 9.84 Å². The fourth-order valence-electron chi connectivity index (χ4n) is 4.22. The van der Waals surface area contributed by atoms with Crippen molar-refractivity contribution in [3.05, 3.63) is 67.3 Å². The molecule has 0 aliphatic carbocycles. The summed E-state index contributed by atoms with van der Waals surface area (Å²) in [7, 11) is -3.46. The van der Waals surface area contributed by atoms with Crippen molar-refractivity contribution in [1.82, 2.24) is 20.3 Å². The van der Waals surface area contributed by atoms with Crippen LogP contribution in [0.1, 0.15) is 12.8 Å². The molecule has 1 amide bonds. The Hall–Kier alpha value is -3.89. The van der Waals surface area contributed by atoms with E-state index in [1.807, 2.05) is 36.4 Å². The summed E-state index contributed by atoms with van der Waals surface area (Å²) in [6.07, 6.45) is 9.12. The maximum absolute atomic E-state index is 12.6. The Bertz CT molecular complexity index is 1520. The number of nitrogens with zero attached hydrogens (tertiary/aromatic N) is 3. The molecule has 9 nitrogen and oxygen atoms in total. The number of hydrogen-bond donors (Lipinski definition) is 3. The highest BCUT2D eigenvalue weighted by atomic mass is 32.2. The van der Waals surface area contributed by atoms with Gasteiger partial charge in [0.25, 0.3) is 0 Å². The van der Waals surface area contributed by atoms with E-state index in [9.17, 15) is 13.2 Å². The lowest BCUT2D eigenvalue weighted by atomic mass is 10.0. The van der Waals surface area contributed by atoms with Gasteiger partial charge in [-0.05, 0) is 55.3 Å². The number of benzene rings is 2. The van der Waals surface area contributed by atoms with Gasteiger partial charge in [0.2, 0.25) is 5.91 Å². The van der Waals surface area contributed by atoms with Crippen molar-refractivity contribution in [2.45, 2.75) is 23.8 Å². The maximum Gasteiger partial charge on any atom is 0.241 e. The summed E-state index contributed by atoms with van der Waals surface area (Å²) in [6, 6.07) is 12.5. The fourth-order valence-corrected chi connectivity index (χ4v) is 5.03. The first-order valence-electron chi connectivity index (χ1n) is 11.2. The molecule has 0 radical (unpaired) electrons. The van der Waals surface area contributed by atoms with Crippen molar-refractivity contribution in [3.8, 4) is 11.1 Å². The van der Waals surface area contributed by atoms with Crippen molar-refractivity contribution >= 4 is 43.8 Å². The monoisotopic (exact) mass is 488 g/mol. The van der Waals surface area contributed by atoms with Crippen LogP contribution in [0.4, 0.5) is 17.1 Å². The zero-order valence-electron chi connectivity index (χ0n) is 19.0. The lowest BCUT2D eigenvalue weighted by Crippen LogP contribution is -2.35. The van der Waals surface area contributed by atoms with Crippen molar-refractivity contribution < 1.29 is 13.2 Å². The number of aromatic nitrogens is 3. The SMILES string of the molecule is CS(=O)(=O)c1ccncc1Nc1cc(-c2cccc(NC(=O)C3CCCN3)c2)c2nccnc2c1. The molecule has 2 aromatic heterocycles. The Labute approximate surface area is 203 Å². The van der Waals surface area contributed by atoms with Crippen LogP contribution in [0.25, 0.3) is 22.2 Å². The van der Waals surface area contributed by atoms with Gasteiger partial charge in [-0.25, -0.2) is 8.42 Å². The summed E-state index contributed by atoms with van der Waals surface area (Å²) >= 11 is 0. The van der Waals surface area contributed by atoms with E-state index in [1.165, 1.54) is 18.5 Å². The number of sulfone groups is 1. The van der Waals surface area contributed by atoms with Crippen LogP contribution in [0.15, 0.2) is 72.1 Å². The molecule has 4 aromatic rings. The van der Waals surface area contributed by atoms with Crippen LogP contribution in [0.5, 0.6) is 0 Å². The molecule has 1 atom stereocenters. The van der Waals surface area contributed by atoms with E-state index >= 15 is 0 Å². The van der Waals surface area contributed by atoms with Crippen LogP contribution in [0.3, 0.4) is 0 Å². The molecule has 1 fully saturated rings. The molecule has 1 unspecified atom stereocenters. The van der Waals surface area contributed by atoms with E-state index in [2.05, 4.69) is 30.9 Å². The van der Waals surface area contributed by atoms with Crippen LogP contribution in [0, 0.1) is 0 Å². The second-order valence-electron chi connectivity index (χ2n) is 8.44. The minimum atomic E-state index is -3.46. The third-order valence-electron chi connectivity index (χ3n) is 5.85. The first-order valence-corrected chi connectivity index (χ1v) is 13.1. The summed E-state index contributed by atoms with van der Waals surface area (Å²) in [5, 5.41) is 9.38. The minimum absolute atomic E-state index is 0.0513. The third-order valence-corrected chi connectivity index (χ3v) is 7.01. The number of carbonyl (C=O) groups is 1. The standard InChI is InChI=1S/C25H24N6O3S/c1-35(33,34)23-7-9-26-15-22(23)30-18-13-19(24-21(14-18)28-10-11-29-24)16-4-2-5-17(12-16)31-25(32)20-6-3-8-27-20/h2,4-5,7,9-15,20,27,30H,3,6,8H2,1H3,(H,31,32). The van der Waals surface area contributed by atoms with E-state index < -0.39 is 9.84 Å². The first kappa shape index (κ1) is 22.9. The predicted octanol–water partition coefficient (Wildman–Crippen LogP) is 3.53. The van der Waals surface area contributed by atoms with Crippen molar-refractivity contribution in [1.29, 1.82) is 0 Å². The van der Waals surface area contributed by atoms with E-state index in [1.54, 1.807) is 12.4 Å². The minimum Gasteiger partial charge on any atom is -0.353 e. The Morgan fingerprint density at radius 3 is 2.71 bits per heavy atom. The molecule has 35 heavy (non-hydrogen) atoms. The van der Waals surface area contributed by atoms with Gasteiger partial charge in [0.1, 0.15) is 0 Å². The number of hydrogen-bond acceptors (Lipinski definition) is 8. The highest BCUT2D eigenvalue weighted by Gasteiger charge is 2.22. The van der Waals surface area contributed by atoms with Crippen LogP contribution < -0.4 is 16.0 Å². The van der Waals surface area contributed by atoms with E-state index in [0.717, 1.165) is 36.8 Å². The van der Waals surface area contributed by atoms with Gasteiger partial charge in [-0.15, -0.1) is 0 Å². The number of carbonyl (C=O) groups excluding carboxylic acids is 1. The zero-order valence-corrected chi connectivity index (χ0v) is 19.8. The smallest absolute Gasteiger partial charge is 0.241 e. The molecule has 3 heterocycles. The van der Waals surface area contributed by atoms with Gasteiger partial charge < -0.3 is 16.0 Å². The van der Waals surface area contributed by atoms with Crippen LogP contribution in [-0.2, 0) is 14.6 Å². The van der Waals surface area contributed by atoms with Crippen LogP contribution >= 0.6 is 0 Å². The average molecular weight is 489 g/mol. The van der Waals surface area contributed by atoms with Crippen molar-refractivity contribution in [2.24, 2.45) is 0 Å². The highest BCUT2D eigenvalue weighted by Crippen LogP contribution is 2.33. The highest BCUT2D eigenvalue weighted by molar-refractivity contribution is 7.90. The Balaban J connectivity index is 1.54. The molecule has 0 bridgehead atoms. The molecule has 10 heteroatoms. The van der Waals surface area contributed by atoms with E-state index in [-0.39, 0.29) is 16.8 Å². The number of pyridine rings is 1. The van der Waals surface area contributed by atoms with Crippen LogP contribution in [0.2, 0.25) is 0 Å². The topological polar surface area (TPSA) is 126 Å². The van der Waals surface area contributed by atoms with Gasteiger partial charge in [-0.1, -0.05) is 12.1 Å². The molecule has 178 valence electrons. The first-order chi connectivity index (χ1) is 16.9. The number of rotatable bonds is 6. The van der Waals surface area contributed by atoms with E-state index in [0.29, 0.717) is 28.1 Å². The van der Waals surface area contributed by atoms with Gasteiger partial charge in [-0.3, -0.25) is 19.7 Å². The molecule has 0 saturated carbocycles. The average Bonchev–Trinajstić information content (AvgIpc) is 3.39. The molecule has 5 rings (SSSR count). The quantitative estimate of drug-likeness (QED) is 0.376. The normalized spacial score (nSPS) is 15.7. The Morgan fingerprint density at radius 1 is 1.06 bits per heavy atom. The summed E-state index contributed by atoms with van der Waals surface area (Å²) in [5.74, 6) is -0.0513. The molecule has 1 aliphatic rings. The number of fused-ring (bicyclic) bond motifs is 1. The second-order valence-corrected chi connectivity index (χ2v) is 10.4. The molecule has 1 aliphatic heterocycles. The molecular weight excluding hydrogens is 464 g/mol. The van der Waals surface area contributed by atoms with Gasteiger partial charge in [0, 0.05) is 41.8 Å². The molecule has 2 aromatic carbocycles. The molecule has 1 saturated heterocycles. The Kier molecular flexibility index (Phi) is 6.14. The third kappa shape index (κ3) is 4.98. The summed E-state index contributed by atoms with van der Waals surface area (Å²) in [6.45, 7) is 0.848. The fraction of sp³-hybridized carbons (Fsp3) is 0.200.